The summed E-state index contributed by atoms with van der Waals surface area (Å²) >= 11 is 0. The van der Waals surface area contributed by atoms with Crippen LogP contribution < -0.4 is 31.8 Å². The molecule has 0 heterocycles. The van der Waals surface area contributed by atoms with Gasteiger partial charge in [0.25, 0.3) is 0 Å². The lowest BCUT2D eigenvalue weighted by Crippen LogP contribution is -2.36. The van der Waals surface area contributed by atoms with E-state index >= 15 is 0 Å². The summed E-state index contributed by atoms with van der Waals surface area (Å²) in [5, 5.41) is 8.52. The van der Waals surface area contributed by atoms with Gasteiger partial charge in [0.05, 0.1) is 0 Å². The first-order chi connectivity index (χ1) is 22.5. The first-order valence-electron chi connectivity index (χ1n) is 16.2. The molecule has 2 nitrogen and oxygen atoms in total. The molecule has 0 bridgehead atoms. The van der Waals surface area contributed by atoms with Crippen molar-refractivity contribution in [2.24, 2.45) is 0 Å². The van der Waals surface area contributed by atoms with Crippen molar-refractivity contribution >= 4 is 47.7 Å². The second-order valence-electron chi connectivity index (χ2n) is 12.1. The zero-order valence-corrected chi connectivity index (χ0v) is 29.2. The standard InChI is InChI=1S/C42H44N2P2/c1-33(39-27-17-29-41(39)45(35-19-9-5-10-20-35)36-21-11-6-12-22-36)43(3)31-32-44(4)34(2)40-28-18-30-42(40)46(37-23-13-7-14-24-37)38-25-15-8-16-26-38/h5-30,33-34H,31-32H2,1-4H3/q-2/t33-,34-/m1/s1. The Balaban J connectivity index is 1.18. The fourth-order valence-electron chi connectivity index (χ4n) is 6.30. The predicted molar refractivity (Wildman–Crippen MR) is 204 cm³/mol. The molecule has 0 aliphatic carbocycles. The molecule has 0 spiro atoms. The van der Waals surface area contributed by atoms with E-state index in [4.69, 9.17) is 0 Å². The summed E-state index contributed by atoms with van der Waals surface area (Å²) in [6.07, 6.45) is 0. The summed E-state index contributed by atoms with van der Waals surface area (Å²) in [5.74, 6) is 0. The average Bonchev–Trinajstić information content (AvgIpc) is 3.79. The lowest BCUT2D eigenvalue weighted by Gasteiger charge is -2.36. The van der Waals surface area contributed by atoms with Crippen LogP contribution in [0.5, 0.6) is 0 Å². The third kappa shape index (κ3) is 7.17. The Bertz CT molecular complexity index is 1550. The van der Waals surface area contributed by atoms with E-state index in [9.17, 15) is 0 Å². The largest absolute Gasteiger partial charge is 0.310 e. The minimum atomic E-state index is -0.628. The number of hydrogen-bond donors (Lipinski definition) is 0. The van der Waals surface area contributed by atoms with Gasteiger partial charge in [0.1, 0.15) is 0 Å². The lowest BCUT2D eigenvalue weighted by atomic mass is 10.1. The van der Waals surface area contributed by atoms with Crippen LogP contribution in [-0.4, -0.2) is 37.0 Å². The summed E-state index contributed by atoms with van der Waals surface area (Å²) in [4.78, 5) is 5.05. The lowest BCUT2D eigenvalue weighted by molar-refractivity contribution is 0.191. The maximum atomic E-state index is 2.53. The van der Waals surface area contributed by atoms with Gasteiger partial charge in [-0.2, -0.15) is 23.8 Å². The molecule has 6 aromatic carbocycles. The van der Waals surface area contributed by atoms with Crippen molar-refractivity contribution in [2.75, 3.05) is 27.2 Å². The summed E-state index contributed by atoms with van der Waals surface area (Å²) in [6, 6.07) is 58.7. The van der Waals surface area contributed by atoms with Crippen LogP contribution in [0.2, 0.25) is 0 Å². The van der Waals surface area contributed by atoms with E-state index in [0.29, 0.717) is 12.1 Å². The van der Waals surface area contributed by atoms with Crippen LogP contribution in [0.4, 0.5) is 0 Å². The monoisotopic (exact) mass is 638 g/mol. The molecule has 6 aromatic rings. The van der Waals surface area contributed by atoms with Crippen LogP contribution in [0.1, 0.15) is 37.1 Å². The molecule has 0 saturated carbocycles. The van der Waals surface area contributed by atoms with Gasteiger partial charge in [0.15, 0.2) is 0 Å². The SMILES string of the molecule is C[C@H](c1cc[cH-]c1P(c1ccccc1)c1ccccc1)N(C)CCN(C)[C@H](C)[c-]1cccc1P(c1ccccc1)c1ccccc1. The van der Waals surface area contributed by atoms with Crippen LogP contribution in [0.3, 0.4) is 0 Å². The molecule has 0 unspecified atom stereocenters. The van der Waals surface area contributed by atoms with Crippen molar-refractivity contribution < 1.29 is 0 Å². The number of hydrogen-bond acceptors (Lipinski definition) is 2. The topological polar surface area (TPSA) is 6.48 Å². The third-order valence-corrected chi connectivity index (χ3v) is 14.3. The smallest absolute Gasteiger partial charge is 0.0101 e. The summed E-state index contributed by atoms with van der Waals surface area (Å²) in [5.41, 5.74) is 2.87. The number of rotatable bonds is 13. The fraction of sp³-hybridized carbons (Fsp3) is 0.190. The molecule has 4 heteroatoms. The summed E-state index contributed by atoms with van der Waals surface area (Å²) in [7, 11) is 3.31. The van der Waals surface area contributed by atoms with Gasteiger partial charge in [0, 0.05) is 13.1 Å². The van der Waals surface area contributed by atoms with Gasteiger partial charge < -0.3 is 9.80 Å². The second-order valence-corrected chi connectivity index (χ2v) is 16.4. The predicted octanol–water partition coefficient (Wildman–Crippen LogP) is 7.33. The summed E-state index contributed by atoms with van der Waals surface area (Å²) in [6.45, 7) is 6.72. The molecule has 234 valence electrons. The molecular formula is C42H44N2P2-2. The van der Waals surface area contributed by atoms with Gasteiger partial charge in [-0.05, 0) is 63.2 Å². The number of nitrogens with zero attached hydrogens (tertiary/aromatic N) is 2. The molecule has 46 heavy (non-hydrogen) atoms. The van der Waals surface area contributed by atoms with Crippen molar-refractivity contribution in [3.63, 3.8) is 0 Å². The molecular weight excluding hydrogens is 594 g/mol. The zero-order chi connectivity index (χ0) is 31.9. The number of likely N-dealkylation sites (N-methyl/N-ethyl adjacent to an activating group) is 2. The van der Waals surface area contributed by atoms with E-state index in [-0.39, 0.29) is 0 Å². The van der Waals surface area contributed by atoms with Crippen molar-refractivity contribution in [1.82, 2.24) is 9.80 Å². The van der Waals surface area contributed by atoms with Gasteiger partial charge in [0.2, 0.25) is 0 Å². The highest BCUT2D eigenvalue weighted by atomic mass is 31.1. The highest BCUT2D eigenvalue weighted by molar-refractivity contribution is 7.80. The molecule has 0 amide bonds. The van der Waals surface area contributed by atoms with E-state index in [0.717, 1.165) is 13.1 Å². The summed E-state index contributed by atoms with van der Waals surface area (Å²) < 4.78 is 0. The van der Waals surface area contributed by atoms with Crippen LogP contribution in [0.15, 0.2) is 158 Å². The number of benzene rings is 4. The Morgan fingerprint density at radius 2 is 1.02 bits per heavy atom. The van der Waals surface area contributed by atoms with Crippen LogP contribution in [-0.2, 0) is 0 Å². The Hall–Kier alpha value is -3.64. The molecule has 0 aliphatic heterocycles. The van der Waals surface area contributed by atoms with Crippen molar-refractivity contribution in [1.29, 1.82) is 0 Å². The van der Waals surface area contributed by atoms with Gasteiger partial charge in [-0.3, -0.25) is 0 Å². The fourth-order valence-corrected chi connectivity index (χ4v) is 11.4. The van der Waals surface area contributed by atoms with Crippen molar-refractivity contribution in [3.8, 4) is 0 Å². The van der Waals surface area contributed by atoms with E-state index in [1.807, 2.05) is 0 Å². The normalized spacial score (nSPS) is 13.1. The minimum absolute atomic E-state index is 0.310. The molecule has 2 atom stereocenters. The minimum Gasteiger partial charge on any atom is -0.310 e. The van der Waals surface area contributed by atoms with Gasteiger partial charge in [-0.15, -0.1) is 16.2 Å². The van der Waals surface area contributed by atoms with Crippen molar-refractivity contribution in [2.45, 2.75) is 25.9 Å². The zero-order valence-electron chi connectivity index (χ0n) is 27.4. The van der Waals surface area contributed by atoms with E-state index < -0.39 is 15.8 Å². The Kier molecular flexibility index (Phi) is 10.7. The average molecular weight is 639 g/mol. The quantitative estimate of drug-likeness (QED) is 0.0966. The Morgan fingerprint density at radius 1 is 0.565 bits per heavy atom. The second kappa shape index (κ2) is 15.3. The first-order valence-corrected chi connectivity index (χ1v) is 18.9. The molecule has 0 aromatic heterocycles. The molecule has 0 N–H and O–H groups in total. The van der Waals surface area contributed by atoms with Crippen LogP contribution >= 0.6 is 15.8 Å². The van der Waals surface area contributed by atoms with Gasteiger partial charge >= 0.3 is 0 Å². The van der Waals surface area contributed by atoms with Gasteiger partial charge in [-0.25, -0.2) is 18.2 Å². The molecule has 0 aliphatic rings. The molecule has 0 saturated heterocycles. The third-order valence-electron chi connectivity index (χ3n) is 9.22. The van der Waals surface area contributed by atoms with Crippen molar-refractivity contribution in [3.05, 3.63) is 169 Å². The van der Waals surface area contributed by atoms with Crippen LogP contribution in [0.25, 0.3) is 0 Å². The van der Waals surface area contributed by atoms with Gasteiger partial charge in [-0.1, -0.05) is 135 Å². The Labute approximate surface area is 278 Å². The van der Waals surface area contributed by atoms with E-state index in [1.54, 1.807) is 0 Å². The van der Waals surface area contributed by atoms with E-state index in [2.05, 4.69) is 195 Å². The Morgan fingerprint density at radius 3 is 1.52 bits per heavy atom. The van der Waals surface area contributed by atoms with E-state index in [1.165, 1.54) is 43.0 Å². The first kappa shape index (κ1) is 32.3. The maximum absolute atomic E-state index is 2.53. The molecule has 0 radical (unpaired) electrons. The molecule has 6 rings (SSSR count). The molecule has 0 fully saturated rings. The maximum Gasteiger partial charge on any atom is 0.0101 e. The van der Waals surface area contributed by atoms with Crippen LogP contribution in [0, 0.1) is 0 Å². The highest BCUT2D eigenvalue weighted by Crippen LogP contribution is 2.38. The highest BCUT2D eigenvalue weighted by Gasteiger charge is 2.21.